The average Bonchev–Trinajstić information content (AvgIpc) is 2.82. The molecule has 5 heteroatoms. The van der Waals surface area contributed by atoms with Gasteiger partial charge in [-0.25, -0.2) is 4.98 Å². The zero-order chi connectivity index (χ0) is 14.4. The number of oxazole rings is 1. The quantitative estimate of drug-likeness (QED) is 0.800. The van der Waals surface area contributed by atoms with Crippen LogP contribution in [0.1, 0.15) is 11.5 Å². The van der Waals surface area contributed by atoms with Crippen molar-refractivity contribution in [2.75, 3.05) is 26.3 Å². The van der Waals surface area contributed by atoms with Crippen molar-refractivity contribution >= 4 is 0 Å². The van der Waals surface area contributed by atoms with E-state index in [9.17, 15) is 0 Å². The molecule has 0 unspecified atom stereocenters. The van der Waals surface area contributed by atoms with Gasteiger partial charge in [-0.2, -0.15) is 0 Å². The van der Waals surface area contributed by atoms with Crippen LogP contribution in [0.5, 0.6) is 0 Å². The highest BCUT2D eigenvalue weighted by atomic mass is 16.4. The van der Waals surface area contributed by atoms with E-state index in [1.54, 1.807) is 0 Å². The Hall–Kier alpha value is -1.69. The molecule has 108 valence electrons. The number of benzene rings is 1. The van der Waals surface area contributed by atoms with Gasteiger partial charge in [0, 0.05) is 25.2 Å². The molecular weight excluding hydrogens is 256 g/mol. The van der Waals surface area contributed by atoms with Gasteiger partial charge in [0.1, 0.15) is 5.76 Å². The van der Waals surface area contributed by atoms with Gasteiger partial charge in [0.25, 0.3) is 0 Å². The van der Waals surface area contributed by atoms with Gasteiger partial charge in [0.2, 0.25) is 5.89 Å². The summed E-state index contributed by atoms with van der Waals surface area (Å²) < 4.78 is 5.70. The largest absolute Gasteiger partial charge is 0.441 e. The van der Waals surface area contributed by atoms with E-state index in [0.29, 0.717) is 25.5 Å². The van der Waals surface area contributed by atoms with Gasteiger partial charge >= 0.3 is 0 Å². The highest BCUT2D eigenvalue weighted by Gasteiger charge is 2.14. The first-order valence-electron chi connectivity index (χ1n) is 6.70. The zero-order valence-corrected chi connectivity index (χ0v) is 11.6. The van der Waals surface area contributed by atoms with Crippen molar-refractivity contribution < 1.29 is 14.6 Å². The van der Waals surface area contributed by atoms with Gasteiger partial charge in [-0.05, 0) is 19.1 Å². The first kappa shape index (κ1) is 14.7. The number of aryl methyl sites for hydroxylation is 1. The molecule has 0 radical (unpaired) electrons. The smallest absolute Gasteiger partial charge is 0.226 e. The van der Waals surface area contributed by atoms with Crippen LogP contribution in [0.3, 0.4) is 0 Å². The van der Waals surface area contributed by atoms with Gasteiger partial charge in [-0.1, -0.05) is 18.2 Å². The SMILES string of the molecule is Cc1oc(-c2ccccc2)nc1CN(CCO)CCO. The number of aliphatic hydroxyl groups excluding tert-OH is 2. The Balaban J connectivity index is 2.15. The highest BCUT2D eigenvalue weighted by molar-refractivity contribution is 5.53. The monoisotopic (exact) mass is 276 g/mol. The minimum atomic E-state index is 0.0580. The van der Waals surface area contributed by atoms with Gasteiger partial charge in [-0.15, -0.1) is 0 Å². The molecule has 1 aromatic carbocycles. The Kier molecular flexibility index (Phi) is 5.29. The lowest BCUT2D eigenvalue weighted by Gasteiger charge is -2.18. The van der Waals surface area contributed by atoms with Crippen molar-refractivity contribution in [3.8, 4) is 11.5 Å². The predicted octanol–water partition coefficient (Wildman–Crippen LogP) is 1.44. The molecule has 0 aliphatic heterocycles. The maximum absolute atomic E-state index is 9.03. The molecule has 0 aliphatic carbocycles. The summed E-state index contributed by atoms with van der Waals surface area (Å²) in [5, 5.41) is 18.1. The van der Waals surface area contributed by atoms with Crippen molar-refractivity contribution in [2.24, 2.45) is 0 Å². The molecule has 1 heterocycles. The Bertz CT molecular complexity index is 519. The molecule has 0 saturated carbocycles. The molecule has 2 rings (SSSR count). The number of aromatic nitrogens is 1. The number of hydrogen-bond acceptors (Lipinski definition) is 5. The topological polar surface area (TPSA) is 69.7 Å². The molecule has 0 amide bonds. The van der Waals surface area contributed by atoms with Crippen LogP contribution < -0.4 is 0 Å². The second kappa shape index (κ2) is 7.19. The molecule has 0 fully saturated rings. The molecule has 2 aromatic rings. The van der Waals surface area contributed by atoms with Gasteiger partial charge < -0.3 is 14.6 Å². The summed E-state index contributed by atoms with van der Waals surface area (Å²) in [7, 11) is 0. The fraction of sp³-hybridized carbons (Fsp3) is 0.400. The summed E-state index contributed by atoms with van der Waals surface area (Å²) in [6.07, 6.45) is 0. The molecule has 1 aromatic heterocycles. The third-order valence-corrected chi connectivity index (χ3v) is 3.12. The van der Waals surface area contributed by atoms with Crippen molar-refractivity contribution in [1.29, 1.82) is 0 Å². The summed E-state index contributed by atoms with van der Waals surface area (Å²) in [6.45, 7) is 3.57. The number of hydrogen-bond donors (Lipinski definition) is 2. The van der Waals surface area contributed by atoms with Crippen molar-refractivity contribution in [1.82, 2.24) is 9.88 Å². The third-order valence-electron chi connectivity index (χ3n) is 3.12. The lowest BCUT2D eigenvalue weighted by atomic mass is 10.2. The summed E-state index contributed by atoms with van der Waals surface area (Å²) in [6, 6.07) is 9.74. The second-order valence-corrected chi connectivity index (χ2v) is 4.61. The summed E-state index contributed by atoms with van der Waals surface area (Å²) in [5.41, 5.74) is 1.78. The van der Waals surface area contributed by atoms with E-state index in [-0.39, 0.29) is 13.2 Å². The Morgan fingerprint density at radius 3 is 2.35 bits per heavy atom. The van der Waals surface area contributed by atoms with Crippen LogP contribution in [-0.4, -0.2) is 46.4 Å². The Morgan fingerprint density at radius 1 is 1.10 bits per heavy atom. The standard InChI is InChI=1S/C15H20N2O3/c1-12-14(11-17(7-9-18)8-10-19)16-15(20-12)13-5-3-2-4-6-13/h2-6,18-19H,7-11H2,1H3. The van der Waals surface area contributed by atoms with E-state index in [0.717, 1.165) is 17.0 Å². The molecule has 20 heavy (non-hydrogen) atoms. The number of nitrogens with zero attached hydrogens (tertiary/aromatic N) is 2. The van der Waals surface area contributed by atoms with E-state index < -0.39 is 0 Å². The van der Waals surface area contributed by atoms with E-state index in [1.807, 2.05) is 42.2 Å². The van der Waals surface area contributed by atoms with Crippen molar-refractivity contribution in [3.63, 3.8) is 0 Å². The minimum absolute atomic E-state index is 0.0580. The van der Waals surface area contributed by atoms with Gasteiger partial charge in [-0.3, -0.25) is 4.90 Å². The van der Waals surface area contributed by atoms with Crippen molar-refractivity contribution in [2.45, 2.75) is 13.5 Å². The van der Waals surface area contributed by atoms with E-state index >= 15 is 0 Å². The van der Waals surface area contributed by atoms with Gasteiger partial charge in [0.15, 0.2) is 0 Å². The van der Waals surface area contributed by atoms with Crippen molar-refractivity contribution in [3.05, 3.63) is 41.8 Å². The molecular formula is C15H20N2O3. The van der Waals surface area contributed by atoms with Crippen LogP contribution in [0.25, 0.3) is 11.5 Å². The maximum Gasteiger partial charge on any atom is 0.226 e. The van der Waals surface area contributed by atoms with Crippen LogP contribution in [0, 0.1) is 6.92 Å². The number of aliphatic hydroxyl groups is 2. The summed E-state index contributed by atoms with van der Waals surface area (Å²) in [4.78, 5) is 6.46. The first-order chi connectivity index (χ1) is 9.74. The van der Waals surface area contributed by atoms with Crippen LogP contribution in [0.15, 0.2) is 34.7 Å². The molecule has 0 aliphatic rings. The molecule has 0 spiro atoms. The lowest BCUT2D eigenvalue weighted by molar-refractivity contribution is 0.154. The minimum Gasteiger partial charge on any atom is -0.441 e. The normalized spacial score (nSPS) is 11.2. The van der Waals surface area contributed by atoms with Crippen LogP contribution in [0.2, 0.25) is 0 Å². The molecule has 0 atom stereocenters. The summed E-state index contributed by atoms with van der Waals surface area (Å²) in [5.74, 6) is 1.37. The van der Waals surface area contributed by atoms with Crippen LogP contribution >= 0.6 is 0 Å². The maximum atomic E-state index is 9.03. The fourth-order valence-electron chi connectivity index (χ4n) is 2.04. The third kappa shape index (κ3) is 3.66. The van der Waals surface area contributed by atoms with E-state index in [4.69, 9.17) is 14.6 Å². The van der Waals surface area contributed by atoms with E-state index in [2.05, 4.69) is 4.98 Å². The molecule has 2 N–H and O–H groups in total. The van der Waals surface area contributed by atoms with E-state index in [1.165, 1.54) is 0 Å². The lowest BCUT2D eigenvalue weighted by Crippen LogP contribution is -2.29. The Labute approximate surface area is 118 Å². The fourth-order valence-corrected chi connectivity index (χ4v) is 2.04. The predicted molar refractivity (Wildman–Crippen MR) is 76.1 cm³/mol. The molecule has 5 nitrogen and oxygen atoms in total. The second-order valence-electron chi connectivity index (χ2n) is 4.61. The summed E-state index contributed by atoms with van der Waals surface area (Å²) >= 11 is 0. The Morgan fingerprint density at radius 2 is 1.75 bits per heavy atom. The average molecular weight is 276 g/mol. The first-order valence-corrected chi connectivity index (χ1v) is 6.70. The van der Waals surface area contributed by atoms with Crippen LogP contribution in [0.4, 0.5) is 0 Å². The van der Waals surface area contributed by atoms with Gasteiger partial charge in [0.05, 0.1) is 18.9 Å². The highest BCUT2D eigenvalue weighted by Crippen LogP contribution is 2.22. The molecule has 0 bridgehead atoms. The molecule has 0 saturated heterocycles. The number of rotatable bonds is 7. The van der Waals surface area contributed by atoms with Crippen LogP contribution in [-0.2, 0) is 6.54 Å². The zero-order valence-electron chi connectivity index (χ0n) is 11.6.